The number of nitrogens with one attached hydrogen (secondary N) is 1. The quantitative estimate of drug-likeness (QED) is 0.259. The first-order valence-corrected chi connectivity index (χ1v) is 14.3. The summed E-state index contributed by atoms with van der Waals surface area (Å²) in [6.07, 6.45) is 1.65. The van der Waals surface area contributed by atoms with E-state index in [4.69, 9.17) is 14.5 Å². The summed E-state index contributed by atoms with van der Waals surface area (Å²) in [5.41, 5.74) is 7.06. The van der Waals surface area contributed by atoms with Crippen LogP contribution in [0.2, 0.25) is 0 Å². The maximum absolute atomic E-state index is 12.4. The van der Waals surface area contributed by atoms with Crippen molar-refractivity contribution in [2.24, 2.45) is 0 Å². The molecule has 5 rings (SSSR count). The van der Waals surface area contributed by atoms with Crippen molar-refractivity contribution in [1.29, 1.82) is 0 Å². The molecule has 0 saturated carbocycles. The number of hydrogen-bond acceptors (Lipinski definition) is 4. The normalized spacial score (nSPS) is 11.3. The molecule has 0 bridgehead atoms. The summed E-state index contributed by atoms with van der Waals surface area (Å²) in [4.78, 5) is 20.1. The van der Waals surface area contributed by atoms with Gasteiger partial charge in [-0.15, -0.1) is 0 Å². The molecular formula is C30H26AsN2O3. The van der Waals surface area contributed by atoms with Crippen molar-refractivity contribution >= 4 is 26.7 Å². The third-order valence-electron chi connectivity index (χ3n) is 6.10. The van der Waals surface area contributed by atoms with Crippen LogP contribution in [0.3, 0.4) is 0 Å². The fourth-order valence-electron chi connectivity index (χ4n) is 4.23. The SMILES string of the molecule is COc1ccc(C[As]Cc2ccc(-c3nc4cc[nH]c(=O)c4cc3-c3ccccc3)cc2)cc1OC. The van der Waals surface area contributed by atoms with Crippen molar-refractivity contribution in [1.82, 2.24) is 9.97 Å². The fraction of sp³-hybridized carbons (Fsp3) is 0.133. The number of aromatic amines is 1. The van der Waals surface area contributed by atoms with E-state index in [0.29, 0.717) is 10.9 Å². The number of rotatable bonds is 8. The standard InChI is InChI=1S/C30H26AsN2O3/c1-35-27-13-10-21(16-28(27)36-2)19-31-18-20-8-11-23(12-9-20)29-24(22-6-4-3-5-7-22)17-25-26(33-29)14-15-32-30(25)34/h3-17H,18-19H2,1-2H3,(H,32,34). The van der Waals surface area contributed by atoms with Crippen LogP contribution in [0.15, 0.2) is 95.9 Å². The molecule has 2 aromatic heterocycles. The molecule has 0 unspecified atom stereocenters. The second-order valence-electron chi connectivity index (χ2n) is 8.42. The van der Waals surface area contributed by atoms with Gasteiger partial charge in [0.2, 0.25) is 0 Å². The van der Waals surface area contributed by atoms with Crippen molar-refractivity contribution < 1.29 is 9.47 Å². The van der Waals surface area contributed by atoms with E-state index in [2.05, 4.69) is 53.5 Å². The number of methoxy groups -OCH3 is 2. The second-order valence-corrected chi connectivity index (χ2v) is 10.7. The Bertz CT molecular complexity index is 1550. The number of nitrogens with zero attached hydrogens (tertiary/aromatic N) is 1. The van der Waals surface area contributed by atoms with E-state index in [-0.39, 0.29) is 21.3 Å². The van der Waals surface area contributed by atoms with Crippen molar-refractivity contribution in [3.05, 3.63) is 113 Å². The van der Waals surface area contributed by atoms with Gasteiger partial charge >= 0.3 is 217 Å². The first kappa shape index (κ1) is 23.9. The van der Waals surface area contributed by atoms with Crippen molar-refractivity contribution in [2.75, 3.05) is 14.2 Å². The molecule has 0 atom stereocenters. The first-order chi connectivity index (χ1) is 17.7. The van der Waals surface area contributed by atoms with E-state index in [1.165, 1.54) is 11.1 Å². The number of benzene rings is 3. The average Bonchev–Trinajstić information content (AvgIpc) is 2.93. The van der Waals surface area contributed by atoms with Gasteiger partial charge in [-0.25, -0.2) is 0 Å². The second kappa shape index (κ2) is 10.8. The van der Waals surface area contributed by atoms with Crippen LogP contribution in [-0.2, 0) is 10.4 Å². The summed E-state index contributed by atoms with van der Waals surface area (Å²) in [5, 5.41) is 2.71. The van der Waals surface area contributed by atoms with E-state index >= 15 is 0 Å². The van der Waals surface area contributed by atoms with Gasteiger partial charge in [0.1, 0.15) is 0 Å². The summed E-state index contributed by atoms with van der Waals surface area (Å²) in [5.74, 6) is 1.54. The van der Waals surface area contributed by atoms with Gasteiger partial charge in [0.25, 0.3) is 0 Å². The van der Waals surface area contributed by atoms with Crippen LogP contribution in [0.5, 0.6) is 11.5 Å². The first-order valence-electron chi connectivity index (χ1n) is 11.7. The zero-order valence-corrected chi connectivity index (χ0v) is 22.1. The van der Waals surface area contributed by atoms with Crippen LogP contribution in [0.25, 0.3) is 33.3 Å². The Morgan fingerprint density at radius 3 is 2.25 bits per heavy atom. The minimum absolute atomic E-state index is 0.108. The van der Waals surface area contributed by atoms with Gasteiger partial charge < -0.3 is 0 Å². The molecule has 0 aliphatic carbocycles. The number of hydrogen-bond donors (Lipinski definition) is 1. The van der Waals surface area contributed by atoms with Gasteiger partial charge in [-0.3, -0.25) is 0 Å². The summed E-state index contributed by atoms with van der Waals surface area (Å²) >= 11 is 0.108. The molecule has 0 aliphatic heterocycles. The summed E-state index contributed by atoms with van der Waals surface area (Å²) in [6, 6.07) is 28.7. The number of fused-ring (bicyclic) bond motifs is 1. The van der Waals surface area contributed by atoms with Crippen LogP contribution in [-0.4, -0.2) is 39.9 Å². The Balaban J connectivity index is 1.38. The van der Waals surface area contributed by atoms with E-state index in [9.17, 15) is 4.79 Å². The Labute approximate surface area is 216 Å². The molecule has 0 aliphatic rings. The Hall–Kier alpha value is -3.82. The van der Waals surface area contributed by atoms with Crippen molar-refractivity contribution in [3.63, 3.8) is 0 Å². The molecular weight excluding hydrogens is 511 g/mol. The molecule has 0 fully saturated rings. The van der Waals surface area contributed by atoms with Crippen LogP contribution in [0, 0.1) is 0 Å². The third-order valence-corrected chi connectivity index (χ3v) is 8.57. The predicted molar refractivity (Wildman–Crippen MR) is 146 cm³/mol. The van der Waals surface area contributed by atoms with Gasteiger partial charge in [-0.2, -0.15) is 0 Å². The molecule has 0 spiro atoms. The molecule has 3 aromatic carbocycles. The van der Waals surface area contributed by atoms with Gasteiger partial charge in [0, 0.05) is 0 Å². The fourth-order valence-corrected chi connectivity index (χ4v) is 6.40. The van der Waals surface area contributed by atoms with Crippen LogP contribution in [0.4, 0.5) is 0 Å². The number of H-pyrrole nitrogens is 1. The topological polar surface area (TPSA) is 64.2 Å². The van der Waals surface area contributed by atoms with Crippen molar-refractivity contribution in [2.45, 2.75) is 10.4 Å². The van der Waals surface area contributed by atoms with Crippen LogP contribution >= 0.6 is 0 Å². The molecule has 6 heteroatoms. The van der Waals surface area contributed by atoms with Gasteiger partial charge in [0.15, 0.2) is 0 Å². The Morgan fingerprint density at radius 1 is 0.778 bits per heavy atom. The Morgan fingerprint density at radius 2 is 1.50 bits per heavy atom. The molecule has 0 saturated heterocycles. The molecule has 5 aromatic rings. The maximum atomic E-state index is 12.4. The molecule has 36 heavy (non-hydrogen) atoms. The van der Waals surface area contributed by atoms with E-state index in [0.717, 1.165) is 44.3 Å². The van der Waals surface area contributed by atoms with E-state index in [1.54, 1.807) is 20.4 Å². The van der Waals surface area contributed by atoms with Crippen LogP contribution < -0.4 is 15.0 Å². The average molecular weight is 537 g/mol. The molecule has 179 valence electrons. The van der Waals surface area contributed by atoms with Crippen LogP contribution in [0.1, 0.15) is 11.1 Å². The zero-order chi connectivity index (χ0) is 24.9. The monoisotopic (exact) mass is 537 g/mol. The Kier molecular flexibility index (Phi) is 7.20. The van der Waals surface area contributed by atoms with Gasteiger partial charge in [-0.05, 0) is 0 Å². The molecule has 1 radical (unpaired) electrons. The molecule has 0 amide bonds. The van der Waals surface area contributed by atoms with E-state index in [1.807, 2.05) is 36.4 Å². The zero-order valence-electron chi connectivity index (χ0n) is 20.2. The minimum atomic E-state index is -0.128. The summed E-state index contributed by atoms with van der Waals surface area (Å²) in [7, 11) is 3.32. The number of ether oxygens (including phenoxy) is 2. The van der Waals surface area contributed by atoms with E-state index < -0.39 is 0 Å². The number of aromatic nitrogens is 2. The summed E-state index contributed by atoms with van der Waals surface area (Å²) in [6.45, 7) is 0. The number of pyridine rings is 2. The van der Waals surface area contributed by atoms with Gasteiger partial charge in [0.05, 0.1) is 0 Å². The molecule has 1 N–H and O–H groups in total. The van der Waals surface area contributed by atoms with Gasteiger partial charge in [-0.1, -0.05) is 0 Å². The molecule has 2 heterocycles. The van der Waals surface area contributed by atoms with Crippen molar-refractivity contribution in [3.8, 4) is 33.9 Å². The third kappa shape index (κ3) is 5.07. The predicted octanol–water partition coefficient (Wildman–Crippen LogP) is 5.68. The molecule has 5 nitrogen and oxygen atoms in total. The summed E-state index contributed by atoms with van der Waals surface area (Å²) < 4.78 is 10.8.